The Labute approximate surface area is 96.0 Å². The molecule has 1 aromatic rings. The van der Waals surface area contributed by atoms with Crippen LogP contribution in [-0.2, 0) is 0 Å². The van der Waals surface area contributed by atoms with Gasteiger partial charge in [-0.15, -0.1) is 12.4 Å². The Bertz CT molecular complexity index is 360. The van der Waals surface area contributed by atoms with Gasteiger partial charge in [0.15, 0.2) is 0 Å². The second-order valence-electron chi connectivity index (χ2n) is 3.45. The van der Waals surface area contributed by atoms with Crippen LogP contribution >= 0.6 is 12.4 Å². The quantitative estimate of drug-likeness (QED) is 0.406. The summed E-state index contributed by atoms with van der Waals surface area (Å²) in [6.45, 7) is 3.93. The molecule has 0 heterocycles. The lowest BCUT2D eigenvalue weighted by atomic mass is 10.1. The summed E-state index contributed by atoms with van der Waals surface area (Å²) in [6.07, 6.45) is 0. The van der Waals surface area contributed by atoms with Crippen LogP contribution in [0.25, 0.3) is 0 Å². The topological polar surface area (TPSA) is 90.4 Å². The molecule has 0 unspecified atom stereocenters. The normalized spacial score (nSPS) is 11.3. The molecule has 0 saturated carbocycles. The molecule has 0 bridgehead atoms. The van der Waals surface area contributed by atoms with Crippen molar-refractivity contribution in [3.05, 3.63) is 23.8 Å². The number of nitrogen functional groups attached to an aromatic ring is 2. The fourth-order valence-corrected chi connectivity index (χ4v) is 1.09. The number of aliphatic imine (C=N–C) groups is 1. The number of anilines is 2. The van der Waals surface area contributed by atoms with E-state index in [-0.39, 0.29) is 18.4 Å². The summed E-state index contributed by atoms with van der Waals surface area (Å²) in [6, 6.07) is 5.45. The first-order valence-corrected chi connectivity index (χ1v) is 4.49. The first-order valence-electron chi connectivity index (χ1n) is 4.49. The van der Waals surface area contributed by atoms with E-state index in [4.69, 9.17) is 17.2 Å². The predicted octanol–water partition coefficient (Wildman–Crippen LogP) is 1.39. The molecule has 0 aliphatic heterocycles. The van der Waals surface area contributed by atoms with Crippen molar-refractivity contribution in [1.82, 2.24) is 0 Å². The van der Waals surface area contributed by atoms with Gasteiger partial charge < -0.3 is 17.2 Å². The van der Waals surface area contributed by atoms with E-state index in [1.807, 2.05) is 19.9 Å². The van der Waals surface area contributed by atoms with Gasteiger partial charge >= 0.3 is 0 Å². The maximum atomic E-state index is 5.77. The predicted molar refractivity (Wildman–Crippen MR) is 68.4 cm³/mol. The summed E-state index contributed by atoms with van der Waals surface area (Å²) in [5.74, 6) is 0.492. The maximum absolute atomic E-state index is 5.77. The number of hydrogen-bond donors (Lipinski definition) is 3. The van der Waals surface area contributed by atoms with Crippen LogP contribution in [0.4, 0.5) is 11.4 Å². The first-order chi connectivity index (χ1) is 6.50. The number of amidine groups is 1. The Balaban J connectivity index is 0.00000196. The Morgan fingerprint density at radius 1 is 1.20 bits per heavy atom. The van der Waals surface area contributed by atoms with Gasteiger partial charge in [-0.2, -0.15) is 0 Å². The fourth-order valence-electron chi connectivity index (χ4n) is 1.09. The molecule has 1 aromatic carbocycles. The molecule has 84 valence electrons. The Kier molecular flexibility index (Phi) is 4.94. The van der Waals surface area contributed by atoms with Gasteiger partial charge in [0.2, 0.25) is 0 Å². The van der Waals surface area contributed by atoms with Gasteiger partial charge in [-0.25, -0.2) is 0 Å². The molecule has 0 amide bonds. The van der Waals surface area contributed by atoms with Crippen LogP contribution in [0.15, 0.2) is 23.2 Å². The van der Waals surface area contributed by atoms with Gasteiger partial charge in [0.1, 0.15) is 5.84 Å². The van der Waals surface area contributed by atoms with Crippen LogP contribution in [0.1, 0.15) is 19.4 Å². The van der Waals surface area contributed by atoms with E-state index in [2.05, 4.69) is 4.99 Å². The third kappa shape index (κ3) is 3.67. The molecular weight excluding hydrogens is 212 g/mol. The molecule has 0 saturated heterocycles. The molecule has 6 N–H and O–H groups in total. The van der Waals surface area contributed by atoms with E-state index < -0.39 is 0 Å². The minimum absolute atomic E-state index is 0. The van der Waals surface area contributed by atoms with Crippen molar-refractivity contribution >= 4 is 29.6 Å². The highest BCUT2D eigenvalue weighted by molar-refractivity contribution is 5.99. The molecule has 0 spiro atoms. The van der Waals surface area contributed by atoms with Crippen molar-refractivity contribution in [2.75, 3.05) is 11.5 Å². The lowest BCUT2D eigenvalue weighted by Crippen LogP contribution is -2.16. The van der Waals surface area contributed by atoms with E-state index >= 15 is 0 Å². The van der Waals surface area contributed by atoms with Crippen LogP contribution < -0.4 is 17.2 Å². The number of halogens is 1. The zero-order valence-electron chi connectivity index (χ0n) is 8.90. The highest BCUT2D eigenvalue weighted by atomic mass is 35.5. The van der Waals surface area contributed by atoms with Crippen LogP contribution in [0.2, 0.25) is 0 Å². The second-order valence-corrected chi connectivity index (χ2v) is 3.45. The summed E-state index contributed by atoms with van der Waals surface area (Å²) < 4.78 is 0. The summed E-state index contributed by atoms with van der Waals surface area (Å²) in [7, 11) is 0. The monoisotopic (exact) mass is 228 g/mol. The minimum Gasteiger partial charge on any atom is -0.397 e. The van der Waals surface area contributed by atoms with Crippen LogP contribution in [-0.4, -0.2) is 11.9 Å². The summed E-state index contributed by atoms with van der Waals surface area (Å²) in [5, 5.41) is 0. The van der Waals surface area contributed by atoms with Gasteiger partial charge in [-0.1, -0.05) is 0 Å². The van der Waals surface area contributed by atoms with E-state index in [0.717, 1.165) is 5.56 Å². The molecule has 0 radical (unpaired) electrons. The third-order valence-electron chi connectivity index (χ3n) is 1.78. The minimum atomic E-state index is 0. The number of nitrogens with zero attached hydrogens (tertiary/aromatic N) is 1. The van der Waals surface area contributed by atoms with Crippen molar-refractivity contribution in [2.24, 2.45) is 10.7 Å². The zero-order valence-corrected chi connectivity index (χ0v) is 9.71. The molecule has 0 aliphatic rings. The van der Waals surface area contributed by atoms with Crippen molar-refractivity contribution in [2.45, 2.75) is 19.9 Å². The largest absolute Gasteiger partial charge is 0.397 e. The lowest BCUT2D eigenvalue weighted by molar-refractivity contribution is 0.834. The molecule has 5 heteroatoms. The van der Waals surface area contributed by atoms with Gasteiger partial charge in [0, 0.05) is 11.6 Å². The molecule has 4 nitrogen and oxygen atoms in total. The Morgan fingerprint density at radius 3 is 2.27 bits per heavy atom. The standard InChI is InChI=1S/C10H16N4.ClH/c1-6(2)14-10(13)7-3-4-8(11)9(12)5-7;/h3-6H,11-12H2,1-2H3,(H2,13,14);1H. The molecular formula is C10H17ClN4. The van der Waals surface area contributed by atoms with Crippen LogP contribution in [0, 0.1) is 0 Å². The summed E-state index contributed by atoms with van der Waals surface area (Å²) in [5.41, 5.74) is 18.9. The van der Waals surface area contributed by atoms with E-state index in [1.165, 1.54) is 0 Å². The maximum Gasteiger partial charge on any atom is 0.125 e. The number of nitrogens with two attached hydrogens (primary N) is 3. The van der Waals surface area contributed by atoms with Crippen LogP contribution in [0.5, 0.6) is 0 Å². The molecule has 0 aliphatic carbocycles. The highest BCUT2D eigenvalue weighted by Gasteiger charge is 2.01. The summed E-state index contributed by atoms with van der Waals surface area (Å²) in [4.78, 5) is 4.22. The Morgan fingerprint density at radius 2 is 1.80 bits per heavy atom. The average Bonchev–Trinajstić information content (AvgIpc) is 2.08. The van der Waals surface area contributed by atoms with Crippen molar-refractivity contribution in [3.8, 4) is 0 Å². The van der Waals surface area contributed by atoms with E-state index in [0.29, 0.717) is 17.2 Å². The van der Waals surface area contributed by atoms with Crippen molar-refractivity contribution < 1.29 is 0 Å². The van der Waals surface area contributed by atoms with Crippen molar-refractivity contribution in [1.29, 1.82) is 0 Å². The SMILES string of the molecule is CC(C)N=C(N)c1ccc(N)c(N)c1.Cl. The molecule has 0 atom stereocenters. The van der Waals surface area contributed by atoms with Gasteiger partial charge in [0.05, 0.1) is 11.4 Å². The number of hydrogen-bond acceptors (Lipinski definition) is 3. The summed E-state index contributed by atoms with van der Waals surface area (Å²) >= 11 is 0. The average molecular weight is 229 g/mol. The van der Waals surface area contributed by atoms with Gasteiger partial charge in [-0.05, 0) is 32.0 Å². The second kappa shape index (κ2) is 5.46. The smallest absolute Gasteiger partial charge is 0.125 e. The van der Waals surface area contributed by atoms with E-state index in [1.54, 1.807) is 12.1 Å². The number of rotatable bonds is 2. The van der Waals surface area contributed by atoms with E-state index in [9.17, 15) is 0 Å². The number of benzene rings is 1. The lowest BCUT2D eigenvalue weighted by Gasteiger charge is -2.05. The molecule has 0 fully saturated rings. The van der Waals surface area contributed by atoms with Crippen LogP contribution in [0.3, 0.4) is 0 Å². The van der Waals surface area contributed by atoms with Gasteiger partial charge in [0.25, 0.3) is 0 Å². The van der Waals surface area contributed by atoms with Crippen molar-refractivity contribution in [3.63, 3.8) is 0 Å². The fraction of sp³-hybridized carbons (Fsp3) is 0.300. The third-order valence-corrected chi connectivity index (χ3v) is 1.78. The molecule has 0 aromatic heterocycles. The zero-order chi connectivity index (χ0) is 10.7. The highest BCUT2D eigenvalue weighted by Crippen LogP contribution is 2.15. The Hall–Kier alpha value is -1.42. The molecule has 15 heavy (non-hydrogen) atoms. The first kappa shape index (κ1) is 13.6. The van der Waals surface area contributed by atoms with Gasteiger partial charge in [-0.3, -0.25) is 4.99 Å². The molecule has 1 rings (SSSR count).